The van der Waals surface area contributed by atoms with Gasteiger partial charge in [-0.15, -0.1) is 0 Å². The number of hydrogen-bond donors (Lipinski definition) is 1. The molecule has 0 aromatic heterocycles. The number of rotatable bonds is 9. The van der Waals surface area contributed by atoms with Gasteiger partial charge in [0.25, 0.3) is 0 Å². The Labute approximate surface area is 112 Å². The number of benzene rings is 1. The average molecular weight is 249 g/mol. The molecule has 0 bridgehead atoms. The lowest BCUT2D eigenvalue weighted by Crippen LogP contribution is -2.32. The highest BCUT2D eigenvalue weighted by Crippen LogP contribution is 2.12. The maximum atomic E-state index is 5.22. The molecule has 1 N–H and O–H groups in total. The van der Waals surface area contributed by atoms with E-state index in [0.29, 0.717) is 12.0 Å². The fourth-order valence-electron chi connectivity index (χ4n) is 2.42. The van der Waals surface area contributed by atoms with Crippen LogP contribution in [0.5, 0.6) is 0 Å². The summed E-state index contributed by atoms with van der Waals surface area (Å²) in [6.45, 7) is 6.33. The Bertz CT molecular complexity index is 299. The Kier molecular flexibility index (Phi) is 7.70. The number of hydrogen-bond acceptors (Lipinski definition) is 2. The Balaban J connectivity index is 2.37. The van der Waals surface area contributed by atoms with Gasteiger partial charge in [0, 0.05) is 19.8 Å². The van der Waals surface area contributed by atoms with Crippen molar-refractivity contribution in [2.24, 2.45) is 5.92 Å². The van der Waals surface area contributed by atoms with Crippen molar-refractivity contribution < 1.29 is 4.74 Å². The van der Waals surface area contributed by atoms with Gasteiger partial charge in [-0.3, -0.25) is 0 Å². The molecule has 0 spiro atoms. The number of nitrogens with one attached hydrogen (secondary N) is 1. The third-order valence-corrected chi connectivity index (χ3v) is 3.26. The molecular weight excluding hydrogens is 222 g/mol. The molecule has 0 saturated carbocycles. The molecule has 2 heteroatoms. The zero-order valence-corrected chi connectivity index (χ0v) is 12.0. The molecule has 0 aliphatic heterocycles. The first-order valence-corrected chi connectivity index (χ1v) is 7.02. The van der Waals surface area contributed by atoms with E-state index in [-0.39, 0.29) is 0 Å². The fourth-order valence-corrected chi connectivity index (χ4v) is 2.42. The second-order valence-corrected chi connectivity index (χ2v) is 5.08. The van der Waals surface area contributed by atoms with Crippen LogP contribution in [0.3, 0.4) is 0 Å². The molecule has 0 aliphatic carbocycles. The first-order chi connectivity index (χ1) is 8.76. The van der Waals surface area contributed by atoms with Gasteiger partial charge in [-0.05, 0) is 37.3 Å². The lowest BCUT2D eigenvalue weighted by Gasteiger charge is -2.21. The zero-order valence-electron chi connectivity index (χ0n) is 12.0. The van der Waals surface area contributed by atoms with Crippen molar-refractivity contribution in [3.05, 3.63) is 35.9 Å². The molecule has 2 atom stereocenters. The minimum Gasteiger partial charge on any atom is -0.384 e. The summed E-state index contributed by atoms with van der Waals surface area (Å²) >= 11 is 0. The molecule has 1 aromatic carbocycles. The van der Waals surface area contributed by atoms with E-state index in [0.717, 1.165) is 19.6 Å². The molecule has 1 rings (SSSR count). The predicted octanol–water partition coefficient (Wildman–Crippen LogP) is 3.27. The maximum Gasteiger partial charge on any atom is 0.0488 e. The Morgan fingerprint density at radius 2 is 1.94 bits per heavy atom. The lowest BCUT2D eigenvalue weighted by molar-refractivity contribution is 0.148. The van der Waals surface area contributed by atoms with E-state index in [2.05, 4.69) is 49.5 Å². The van der Waals surface area contributed by atoms with Crippen molar-refractivity contribution in [1.82, 2.24) is 5.32 Å². The molecule has 18 heavy (non-hydrogen) atoms. The third-order valence-electron chi connectivity index (χ3n) is 3.26. The van der Waals surface area contributed by atoms with E-state index >= 15 is 0 Å². The van der Waals surface area contributed by atoms with Gasteiger partial charge in [0.2, 0.25) is 0 Å². The van der Waals surface area contributed by atoms with Gasteiger partial charge in [-0.1, -0.05) is 44.2 Å². The number of methoxy groups -OCH3 is 1. The summed E-state index contributed by atoms with van der Waals surface area (Å²) in [5, 5.41) is 3.59. The van der Waals surface area contributed by atoms with Crippen molar-refractivity contribution in [3.63, 3.8) is 0 Å². The summed E-state index contributed by atoms with van der Waals surface area (Å²) in [6, 6.07) is 11.3. The maximum absolute atomic E-state index is 5.22. The van der Waals surface area contributed by atoms with E-state index in [9.17, 15) is 0 Å². The molecule has 1 aromatic rings. The summed E-state index contributed by atoms with van der Waals surface area (Å²) in [7, 11) is 1.78. The predicted molar refractivity (Wildman–Crippen MR) is 77.9 cm³/mol. The standard InChI is InChI=1S/C16H27NO/c1-4-17-16(12-14(2)13-18-3)11-10-15-8-6-5-7-9-15/h5-9,14,16-17H,4,10-13H2,1-3H3. The van der Waals surface area contributed by atoms with Crippen molar-refractivity contribution in [1.29, 1.82) is 0 Å². The molecule has 0 fully saturated rings. The topological polar surface area (TPSA) is 21.3 Å². The molecule has 2 unspecified atom stereocenters. The average Bonchev–Trinajstić information content (AvgIpc) is 2.38. The molecule has 0 radical (unpaired) electrons. The molecule has 0 amide bonds. The molecule has 0 heterocycles. The van der Waals surface area contributed by atoms with Crippen LogP contribution >= 0.6 is 0 Å². The molecule has 2 nitrogen and oxygen atoms in total. The smallest absolute Gasteiger partial charge is 0.0488 e. The molecule has 102 valence electrons. The van der Waals surface area contributed by atoms with Crippen LogP contribution in [0.2, 0.25) is 0 Å². The van der Waals surface area contributed by atoms with Crippen LogP contribution in [0, 0.1) is 5.92 Å². The van der Waals surface area contributed by atoms with Gasteiger partial charge < -0.3 is 10.1 Å². The van der Waals surface area contributed by atoms with Crippen molar-refractivity contribution >= 4 is 0 Å². The Morgan fingerprint density at radius 1 is 1.22 bits per heavy atom. The highest BCUT2D eigenvalue weighted by atomic mass is 16.5. The fraction of sp³-hybridized carbons (Fsp3) is 0.625. The van der Waals surface area contributed by atoms with E-state index in [1.54, 1.807) is 7.11 Å². The second kappa shape index (κ2) is 9.12. The van der Waals surface area contributed by atoms with E-state index in [1.807, 2.05) is 0 Å². The van der Waals surface area contributed by atoms with Gasteiger partial charge in [0.15, 0.2) is 0 Å². The van der Waals surface area contributed by atoms with Crippen LogP contribution in [0.4, 0.5) is 0 Å². The van der Waals surface area contributed by atoms with Crippen molar-refractivity contribution in [2.75, 3.05) is 20.3 Å². The monoisotopic (exact) mass is 249 g/mol. The van der Waals surface area contributed by atoms with Crippen molar-refractivity contribution in [3.8, 4) is 0 Å². The van der Waals surface area contributed by atoms with Gasteiger partial charge in [-0.25, -0.2) is 0 Å². The quantitative estimate of drug-likeness (QED) is 0.725. The van der Waals surface area contributed by atoms with E-state index < -0.39 is 0 Å². The van der Waals surface area contributed by atoms with Gasteiger partial charge in [-0.2, -0.15) is 0 Å². The summed E-state index contributed by atoms with van der Waals surface area (Å²) < 4.78 is 5.22. The third kappa shape index (κ3) is 6.18. The van der Waals surface area contributed by atoms with Crippen LogP contribution in [0.25, 0.3) is 0 Å². The Morgan fingerprint density at radius 3 is 2.56 bits per heavy atom. The van der Waals surface area contributed by atoms with Gasteiger partial charge >= 0.3 is 0 Å². The number of ether oxygens (including phenoxy) is 1. The summed E-state index contributed by atoms with van der Waals surface area (Å²) in [6.07, 6.45) is 3.54. The molecule has 0 aliphatic rings. The SMILES string of the molecule is CCNC(CCc1ccccc1)CC(C)COC. The first kappa shape index (κ1) is 15.2. The van der Waals surface area contributed by atoms with Crippen LogP contribution in [-0.4, -0.2) is 26.3 Å². The van der Waals surface area contributed by atoms with E-state index in [1.165, 1.54) is 18.4 Å². The highest BCUT2D eigenvalue weighted by Gasteiger charge is 2.12. The second-order valence-electron chi connectivity index (χ2n) is 5.08. The Hall–Kier alpha value is -0.860. The lowest BCUT2D eigenvalue weighted by atomic mass is 9.97. The largest absolute Gasteiger partial charge is 0.384 e. The van der Waals surface area contributed by atoms with Crippen molar-refractivity contribution in [2.45, 2.75) is 39.2 Å². The van der Waals surface area contributed by atoms with Gasteiger partial charge in [0.1, 0.15) is 0 Å². The summed E-state index contributed by atoms with van der Waals surface area (Å²) in [5.74, 6) is 0.620. The molecule has 0 saturated heterocycles. The first-order valence-electron chi connectivity index (χ1n) is 7.02. The van der Waals surface area contributed by atoms with Crippen LogP contribution in [0.15, 0.2) is 30.3 Å². The van der Waals surface area contributed by atoms with Crippen LogP contribution in [0.1, 0.15) is 32.3 Å². The summed E-state index contributed by atoms with van der Waals surface area (Å²) in [5.41, 5.74) is 1.43. The number of aryl methyl sites for hydroxylation is 1. The minimum absolute atomic E-state index is 0.598. The van der Waals surface area contributed by atoms with Gasteiger partial charge in [0.05, 0.1) is 0 Å². The zero-order chi connectivity index (χ0) is 13.2. The summed E-state index contributed by atoms with van der Waals surface area (Å²) in [4.78, 5) is 0. The minimum atomic E-state index is 0.598. The van der Waals surface area contributed by atoms with E-state index in [4.69, 9.17) is 4.74 Å². The van der Waals surface area contributed by atoms with Crippen LogP contribution < -0.4 is 5.32 Å². The normalized spacial score (nSPS) is 14.4. The molecular formula is C16H27NO. The van der Waals surface area contributed by atoms with Crippen LogP contribution in [-0.2, 0) is 11.2 Å². The highest BCUT2D eigenvalue weighted by molar-refractivity contribution is 5.14.